The molecule has 3 amide bonds. The van der Waals surface area contributed by atoms with Gasteiger partial charge in [-0.2, -0.15) is 0 Å². The van der Waals surface area contributed by atoms with Crippen molar-refractivity contribution in [2.75, 3.05) is 28.7 Å². The number of hydrogen-bond acceptors (Lipinski definition) is 6. The van der Waals surface area contributed by atoms with E-state index in [-0.39, 0.29) is 16.6 Å². The predicted octanol–water partition coefficient (Wildman–Crippen LogP) is 4.76. The quantitative estimate of drug-likeness (QED) is 0.487. The number of fused-ring (bicyclic) bond motifs is 1. The summed E-state index contributed by atoms with van der Waals surface area (Å²) in [5.41, 5.74) is 3.51. The smallest absolute Gasteiger partial charge is 0.283 e. The molecule has 0 bridgehead atoms. The molecule has 0 radical (unpaired) electrons. The van der Waals surface area contributed by atoms with Crippen molar-refractivity contribution < 1.29 is 23.9 Å². The number of aryl methyl sites for hydroxylation is 2. The minimum atomic E-state index is -0.613. The third kappa shape index (κ3) is 4.38. The van der Waals surface area contributed by atoms with Crippen LogP contribution in [0, 0.1) is 13.8 Å². The van der Waals surface area contributed by atoms with E-state index in [2.05, 4.69) is 10.6 Å². The minimum Gasteiger partial charge on any atom is -0.486 e. The summed E-state index contributed by atoms with van der Waals surface area (Å²) in [6.07, 6.45) is 0. The fraction of sp³-hybridized carbons (Fsp3) is 0.148. The van der Waals surface area contributed by atoms with Crippen LogP contribution in [0.2, 0.25) is 0 Å². The number of benzene rings is 3. The van der Waals surface area contributed by atoms with Gasteiger partial charge in [-0.25, -0.2) is 4.90 Å². The van der Waals surface area contributed by atoms with E-state index in [0.717, 1.165) is 16.0 Å². The Morgan fingerprint density at radius 2 is 1.61 bits per heavy atom. The number of halogens is 1. The van der Waals surface area contributed by atoms with Crippen molar-refractivity contribution >= 4 is 46.4 Å². The number of anilines is 3. The molecule has 36 heavy (non-hydrogen) atoms. The summed E-state index contributed by atoms with van der Waals surface area (Å²) in [6.45, 7) is 4.65. The first-order chi connectivity index (χ1) is 17.3. The summed E-state index contributed by atoms with van der Waals surface area (Å²) >= 11 is 6.27. The molecule has 9 heteroatoms. The Morgan fingerprint density at radius 3 is 2.36 bits per heavy atom. The maximum Gasteiger partial charge on any atom is 0.283 e. The third-order valence-corrected chi connectivity index (χ3v) is 6.23. The lowest BCUT2D eigenvalue weighted by Gasteiger charge is -2.19. The van der Waals surface area contributed by atoms with Crippen molar-refractivity contribution in [2.24, 2.45) is 0 Å². The molecule has 0 fully saturated rings. The normalized spacial score (nSPS) is 14.8. The van der Waals surface area contributed by atoms with Gasteiger partial charge in [-0.15, -0.1) is 0 Å². The number of hydrogen-bond donors (Lipinski definition) is 2. The van der Waals surface area contributed by atoms with Crippen LogP contribution in [0.5, 0.6) is 11.5 Å². The van der Waals surface area contributed by atoms with Crippen molar-refractivity contribution in [2.45, 2.75) is 13.8 Å². The molecular weight excluding hydrogens is 482 g/mol. The third-order valence-electron chi connectivity index (χ3n) is 5.88. The van der Waals surface area contributed by atoms with Gasteiger partial charge in [0.25, 0.3) is 17.7 Å². The second kappa shape index (κ2) is 9.39. The van der Waals surface area contributed by atoms with Crippen molar-refractivity contribution in [3.8, 4) is 11.5 Å². The largest absolute Gasteiger partial charge is 0.486 e. The number of rotatable bonds is 5. The van der Waals surface area contributed by atoms with Crippen LogP contribution in [0.25, 0.3) is 0 Å². The Balaban J connectivity index is 1.36. The topological polar surface area (TPSA) is 97.0 Å². The van der Waals surface area contributed by atoms with Crippen molar-refractivity contribution in [1.82, 2.24) is 0 Å². The molecule has 0 atom stereocenters. The van der Waals surface area contributed by atoms with Crippen LogP contribution < -0.4 is 25.0 Å². The zero-order valence-electron chi connectivity index (χ0n) is 19.6. The first-order valence-electron chi connectivity index (χ1n) is 11.3. The summed E-state index contributed by atoms with van der Waals surface area (Å²) in [5.74, 6) is -0.349. The molecule has 0 spiro atoms. The number of imide groups is 1. The number of nitrogens with one attached hydrogen (secondary N) is 2. The molecule has 2 aliphatic rings. The van der Waals surface area contributed by atoms with Crippen molar-refractivity contribution in [3.05, 3.63) is 88.1 Å². The van der Waals surface area contributed by atoms with E-state index in [1.165, 1.54) is 0 Å². The van der Waals surface area contributed by atoms with Gasteiger partial charge in [-0.05, 0) is 55.8 Å². The number of amides is 3. The van der Waals surface area contributed by atoms with Gasteiger partial charge in [0.1, 0.15) is 23.9 Å². The molecule has 0 saturated heterocycles. The Hall–Kier alpha value is -4.30. The van der Waals surface area contributed by atoms with E-state index in [9.17, 15) is 14.4 Å². The van der Waals surface area contributed by atoms with Gasteiger partial charge in [0, 0.05) is 23.0 Å². The number of carbonyl (C=O) groups is 3. The van der Waals surface area contributed by atoms with E-state index < -0.39 is 11.8 Å². The molecule has 5 rings (SSSR count). The lowest BCUT2D eigenvalue weighted by atomic mass is 10.1. The van der Waals surface area contributed by atoms with Crippen molar-refractivity contribution in [3.63, 3.8) is 0 Å². The highest BCUT2D eigenvalue weighted by Gasteiger charge is 2.39. The maximum atomic E-state index is 13.1. The highest BCUT2D eigenvalue weighted by molar-refractivity contribution is 6.53. The van der Waals surface area contributed by atoms with Crippen LogP contribution in [0.3, 0.4) is 0 Å². The second-order valence-electron chi connectivity index (χ2n) is 8.44. The molecular formula is C27H22ClN3O5. The molecule has 182 valence electrons. The Labute approximate surface area is 212 Å². The van der Waals surface area contributed by atoms with E-state index in [4.69, 9.17) is 21.1 Å². The molecule has 3 aromatic carbocycles. The van der Waals surface area contributed by atoms with E-state index in [1.807, 2.05) is 26.0 Å². The first-order valence-corrected chi connectivity index (χ1v) is 11.6. The summed E-state index contributed by atoms with van der Waals surface area (Å²) in [4.78, 5) is 39.8. The van der Waals surface area contributed by atoms with Crippen LogP contribution in [-0.2, 0) is 9.59 Å². The molecule has 2 aliphatic heterocycles. The monoisotopic (exact) mass is 503 g/mol. The fourth-order valence-electron chi connectivity index (χ4n) is 3.90. The van der Waals surface area contributed by atoms with Gasteiger partial charge < -0.3 is 20.1 Å². The van der Waals surface area contributed by atoms with Gasteiger partial charge in [0.05, 0.1) is 5.69 Å². The first kappa shape index (κ1) is 23.4. The molecule has 3 aromatic rings. The van der Waals surface area contributed by atoms with Gasteiger partial charge in [-0.1, -0.05) is 35.4 Å². The van der Waals surface area contributed by atoms with Crippen LogP contribution >= 0.6 is 11.6 Å². The Kier molecular flexibility index (Phi) is 6.12. The average molecular weight is 504 g/mol. The number of carbonyl (C=O) groups excluding carboxylic acids is 3. The molecule has 0 aliphatic carbocycles. The van der Waals surface area contributed by atoms with Gasteiger partial charge in [0.2, 0.25) is 0 Å². The van der Waals surface area contributed by atoms with Gasteiger partial charge >= 0.3 is 0 Å². The molecule has 2 N–H and O–H groups in total. The predicted molar refractivity (Wildman–Crippen MR) is 137 cm³/mol. The molecule has 8 nitrogen and oxygen atoms in total. The Morgan fingerprint density at radius 1 is 0.889 bits per heavy atom. The van der Waals surface area contributed by atoms with Crippen molar-refractivity contribution in [1.29, 1.82) is 0 Å². The van der Waals surface area contributed by atoms with Crippen LogP contribution in [0.15, 0.2) is 71.4 Å². The fourth-order valence-corrected chi connectivity index (χ4v) is 4.11. The van der Waals surface area contributed by atoms with E-state index in [1.54, 1.807) is 48.5 Å². The van der Waals surface area contributed by atoms with Crippen LogP contribution in [0.4, 0.5) is 17.1 Å². The highest BCUT2D eigenvalue weighted by Crippen LogP contribution is 2.34. The van der Waals surface area contributed by atoms with Crippen LogP contribution in [-0.4, -0.2) is 30.9 Å². The maximum absolute atomic E-state index is 13.1. The van der Waals surface area contributed by atoms with E-state index in [0.29, 0.717) is 47.3 Å². The molecule has 0 saturated carbocycles. The zero-order valence-corrected chi connectivity index (χ0v) is 20.3. The molecule has 2 heterocycles. The SMILES string of the molecule is Cc1ccc(N2C(=O)C(Cl)=C(Nc3cc(C(=O)Nc4ccc5c(c4)OCCO5)ccc3C)C2=O)cc1. The second-order valence-corrected chi connectivity index (χ2v) is 8.82. The minimum absolute atomic E-state index is 0.0465. The summed E-state index contributed by atoms with van der Waals surface area (Å²) < 4.78 is 11.1. The molecule has 0 aromatic heterocycles. The summed E-state index contributed by atoms with van der Waals surface area (Å²) in [5, 5.41) is 5.59. The van der Waals surface area contributed by atoms with Gasteiger partial charge in [-0.3, -0.25) is 14.4 Å². The van der Waals surface area contributed by atoms with Gasteiger partial charge in [0.15, 0.2) is 11.5 Å². The standard InChI is InChI=1S/C27H22ClN3O5/c1-15-3-8-19(9-4-15)31-26(33)23(28)24(27(31)34)30-20-13-17(6-5-16(20)2)25(32)29-18-7-10-21-22(14-18)36-12-11-35-21/h3-10,13-14,30H,11-12H2,1-2H3,(H,29,32). The average Bonchev–Trinajstić information content (AvgIpc) is 3.08. The summed E-state index contributed by atoms with van der Waals surface area (Å²) in [7, 11) is 0. The zero-order chi connectivity index (χ0) is 25.4. The van der Waals surface area contributed by atoms with Crippen LogP contribution in [0.1, 0.15) is 21.5 Å². The number of nitrogens with zero attached hydrogens (tertiary/aromatic N) is 1. The highest BCUT2D eigenvalue weighted by atomic mass is 35.5. The van der Waals surface area contributed by atoms with E-state index >= 15 is 0 Å². The number of ether oxygens (including phenoxy) is 2. The molecule has 0 unspecified atom stereocenters. The summed E-state index contributed by atoms with van der Waals surface area (Å²) in [6, 6.07) is 17.2. The Bertz CT molecular complexity index is 1430. The lowest BCUT2D eigenvalue weighted by Crippen LogP contribution is -2.32. The lowest BCUT2D eigenvalue weighted by molar-refractivity contribution is -0.120.